The largest absolute Gasteiger partial charge is 0.497 e. The summed E-state index contributed by atoms with van der Waals surface area (Å²) in [5, 5.41) is 5.65. The lowest BCUT2D eigenvalue weighted by Crippen LogP contribution is -2.48. The van der Waals surface area contributed by atoms with Crippen LogP contribution in [0.1, 0.15) is 39.2 Å². The summed E-state index contributed by atoms with van der Waals surface area (Å²) in [6, 6.07) is 7.72. The minimum atomic E-state index is -1.07. The molecule has 0 fully saturated rings. The van der Waals surface area contributed by atoms with Gasteiger partial charge in [0.15, 0.2) is 0 Å². The fourth-order valence-electron chi connectivity index (χ4n) is 2.07. The highest BCUT2D eigenvalue weighted by Crippen LogP contribution is 2.16. The maximum Gasteiger partial charge on any atom is 0.235 e. The predicted octanol–water partition coefficient (Wildman–Crippen LogP) is 2.30. The first kappa shape index (κ1) is 19.0. The number of ether oxygens (including phenoxy) is 1. The molecule has 5 nitrogen and oxygen atoms in total. The van der Waals surface area contributed by atoms with Gasteiger partial charge in [-0.2, -0.15) is 0 Å². The van der Waals surface area contributed by atoms with E-state index in [1.54, 1.807) is 21.0 Å². The van der Waals surface area contributed by atoms with Crippen molar-refractivity contribution in [2.24, 2.45) is 5.41 Å². The first-order chi connectivity index (χ1) is 10.9. The quantitative estimate of drug-likeness (QED) is 0.542. The fourth-order valence-corrected chi connectivity index (χ4v) is 2.07. The van der Waals surface area contributed by atoms with Gasteiger partial charge >= 0.3 is 0 Å². The number of unbranched alkanes of at least 4 members (excludes halogenated alkanes) is 1. The average molecular weight is 320 g/mol. The summed E-state index contributed by atoms with van der Waals surface area (Å²) in [6.45, 7) is 6.44. The molecule has 0 spiro atoms. The van der Waals surface area contributed by atoms with Crippen LogP contribution >= 0.6 is 0 Å². The predicted molar refractivity (Wildman–Crippen MR) is 91.4 cm³/mol. The van der Waals surface area contributed by atoms with Crippen molar-refractivity contribution in [1.29, 1.82) is 0 Å². The van der Waals surface area contributed by atoms with Crippen molar-refractivity contribution in [2.45, 2.75) is 40.0 Å². The van der Waals surface area contributed by atoms with Gasteiger partial charge in [0.1, 0.15) is 11.2 Å². The van der Waals surface area contributed by atoms with E-state index in [4.69, 9.17) is 4.74 Å². The lowest BCUT2D eigenvalue weighted by molar-refractivity contribution is -0.141. The molecule has 0 aromatic heterocycles. The first-order valence-corrected chi connectivity index (χ1v) is 8.11. The van der Waals surface area contributed by atoms with Gasteiger partial charge < -0.3 is 15.4 Å². The molecule has 0 saturated heterocycles. The Hall–Kier alpha value is -2.04. The molecule has 0 radical (unpaired) electrons. The number of nitrogens with one attached hydrogen (secondary N) is 2. The molecule has 0 heterocycles. The van der Waals surface area contributed by atoms with Gasteiger partial charge in [-0.1, -0.05) is 25.5 Å². The Labute approximate surface area is 138 Å². The third-order valence-corrected chi connectivity index (χ3v) is 3.78. The summed E-state index contributed by atoms with van der Waals surface area (Å²) in [5.41, 5.74) is 0.0112. The van der Waals surface area contributed by atoms with Crippen LogP contribution in [0.15, 0.2) is 24.3 Å². The molecule has 0 aliphatic heterocycles. The van der Waals surface area contributed by atoms with Crippen molar-refractivity contribution in [3.8, 4) is 5.75 Å². The van der Waals surface area contributed by atoms with Crippen LogP contribution in [0.4, 0.5) is 0 Å². The summed E-state index contributed by atoms with van der Waals surface area (Å²) < 4.78 is 5.17. The highest BCUT2D eigenvalue weighted by Gasteiger charge is 2.35. The lowest BCUT2D eigenvalue weighted by atomic mass is 9.91. The van der Waals surface area contributed by atoms with Gasteiger partial charge in [-0.25, -0.2) is 0 Å². The molecular formula is C18H28N2O3. The van der Waals surface area contributed by atoms with Gasteiger partial charge in [0, 0.05) is 13.1 Å². The lowest BCUT2D eigenvalue weighted by Gasteiger charge is -2.22. The van der Waals surface area contributed by atoms with Gasteiger partial charge in [0.05, 0.1) is 7.11 Å². The van der Waals surface area contributed by atoms with Crippen molar-refractivity contribution in [3.05, 3.63) is 29.8 Å². The van der Waals surface area contributed by atoms with E-state index in [1.165, 1.54) is 0 Å². The zero-order valence-corrected chi connectivity index (χ0v) is 14.6. The van der Waals surface area contributed by atoms with Crippen LogP contribution in [0.25, 0.3) is 0 Å². The number of methoxy groups -OCH3 is 1. The number of benzene rings is 1. The first-order valence-electron chi connectivity index (χ1n) is 8.11. The zero-order chi connectivity index (χ0) is 17.3. The van der Waals surface area contributed by atoms with Gasteiger partial charge in [-0.3, -0.25) is 9.59 Å². The molecule has 2 amide bonds. The molecule has 0 saturated carbocycles. The van der Waals surface area contributed by atoms with E-state index in [0.717, 1.165) is 24.2 Å². The molecule has 0 aliphatic rings. The SMILES string of the molecule is CCCCNC(=O)C(C)(C)C(=O)NCCc1cccc(OC)c1. The van der Waals surface area contributed by atoms with E-state index in [2.05, 4.69) is 17.6 Å². The second-order valence-electron chi connectivity index (χ2n) is 6.09. The second kappa shape index (κ2) is 9.18. The van der Waals surface area contributed by atoms with Gasteiger partial charge in [-0.05, 0) is 44.4 Å². The Balaban J connectivity index is 2.46. The van der Waals surface area contributed by atoms with Crippen molar-refractivity contribution in [2.75, 3.05) is 20.2 Å². The minimum Gasteiger partial charge on any atom is -0.497 e. The molecule has 0 bridgehead atoms. The number of hydrogen-bond donors (Lipinski definition) is 2. The monoisotopic (exact) mass is 320 g/mol. The molecule has 1 aromatic rings. The van der Waals surface area contributed by atoms with Crippen LogP contribution in [0, 0.1) is 5.41 Å². The smallest absolute Gasteiger partial charge is 0.235 e. The standard InChI is InChI=1S/C18H28N2O3/c1-5-6-11-19-16(21)18(2,3)17(22)20-12-10-14-8-7-9-15(13-14)23-4/h7-9,13H,5-6,10-12H2,1-4H3,(H,19,21)(H,20,22). The van der Waals surface area contributed by atoms with E-state index in [0.29, 0.717) is 19.5 Å². The minimum absolute atomic E-state index is 0.232. The Morgan fingerprint density at radius 2 is 1.78 bits per heavy atom. The number of carbonyl (C=O) groups excluding carboxylic acids is 2. The second-order valence-corrected chi connectivity index (χ2v) is 6.09. The number of rotatable bonds is 9. The molecule has 23 heavy (non-hydrogen) atoms. The average Bonchev–Trinajstić information content (AvgIpc) is 2.55. The van der Waals surface area contributed by atoms with Gasteiger partial charge in [-0.15, -0.1) is 0 Å². The number of carbonyl (C=O) groups is 2. The van der Waals surface area contributed by atoms with Crippen molar-refractivity contribution in [1.82, 2.24) is 10.6 Å². The third-order valence-electron chi connectivity index (χ3n) is 3.78. The van der Waals surface area contributed by atoms with E-state index in [1.807, 2.05) is 24.3 Å². The molecule has 1 rings (SSSR count). The van der Waals surface area contributed by atoms with Crippen LogP contribution in [0.3, 0.4) is 0 Å². The summed E-state index contributed by atoms with van der Waals surface area (Å²) in [7, 11) is 1.63. The summed E-state index contributed by atoms with van der Waals surface area (Å²) in [4.78, 5) is 24.4. The summed E-state index contributed by atoms with van der Waals surface area (Å²) in [5.74, 6) is 0.309. The van der Waals surface area contributed by atoms with Crippen molar-refractivity contribution < 1.29 is 14.3 Å². The van der Waals surface area contributed by atoms with Crippen LogP contribution in [-0.2, 0) is 16.0 Å². The van der Waals surface area contributed by atoms with Crippen LogP contribution in [0.2, 0.25) is 0 Å². The Kier molecular flexibility index (Phi) is 7.59. The molecule has 0 atom stereocenters. The van der Waals surface area contributed by atoms with E-state index in [9.17, 15) is 9.59 Å². The van der Waals surface area contributed by atoms with E-state index >= 15 is 0 Å². The van der Waals surface area contributed by atoms with Crippen LogP contribution in [-0.4, -0.2) is 32.0 Å². The molecule has 128 valence electrons. The molecule has 0 aliphatic carbocycles. The highest BCUT2D eigenvalue weighted by molar-refractivity contribution is 6.04. The van der Waals surface area contributed by atoms with Gasteiger partial charge in [0.2, 0.25) is 11.8 Å². The van der Waals surface area contributed by atoms with Crippen LogP contribution in [0.5, 0.6) is 5.75 Å². The van der Waals surface area contributed by atoms with Crippen molar-refractivity contribution >= 4 is 11.8 Å². The van der Waals surface area contributed by atoms with Crippen LogP contribution < -0.4 is 15.4 Å². The fraction of sp³-hybridized carbons (Fsp3) is 0.556. The number of hydrogen-bond acceptors (Lipinski definition) is 3. The van der Waals surface area contributed by atoms with Crippen molar-refractivity contribution in [3.63, 3.8) is 0 Å². The normalized spacial score (nSPS) is 11.0. The topological polar surface area (TPSA) is 67.4 Å². The molecule has 0 unspecified atom stereocenters. The maximum absolute atomic E-state index is 12.3. The Morgan fingerprint density at radius 1 is 1.13 bits per heavy atom. The molecule has 1 aromatic carbocycles. The van der Waals surface area contributed by atoms with E-state index < -0.39 is 5.41 Å². The summed E-state index contributed by atoms with van der Waals surface area (Å²) in [6.07, 6.45) is 2.61. The van der Waals surface area contributed by atoms with Gasteiger partial charge in [0.25, 0.3) is 0 Å². The molecule has 5 heteroatoms. The molecule has 2 N–H and O–H groups in total. The highest BCUT2D eigenvalue weighted by atomic mass is 16.5. The molecular weight excluding hydrogens is 292 g/mol. The Bertz CT molecular complexity index is 527. The maximum atomic E-state index is 12.3. The van der Waals surface area contributed by atoms with E-state index in [-0.39, 0.29) is 11.8 Å². The Morgan fingerprint density at radius 3 is 2.39 bits per heavy atom. The summed E-state index contributed by atoms with van der Waals surface area (Å²) >= 11 is 0. The zero-order valence-electron chi connectivity index (χ0n) is 14.6. The number of amides is 2. The third kappa shape index (κ3) is 5.93.